The zero-order valence-electron chi connectivity index (χ0n) is 11.5. The summed E-state index contributed by atoms with van der Waals surface area (Å²) < 4.78 is 1.41. The van der Waals surface area contributed by atoms with Crippen LogP contribution in [-0.4, -0.2) is 41.4 Å². The van der Waals surface area contributed by atoms with Gasteiger partial charge in [-0.3, -0.25) is 4.79 Å². The number of likely N-dealkylation sites (tertiary alicyclic amines) is 1. The third-order valence-electron chi connectivity index (χ3n) is 3.49. The highest BCUT2D eigenvalue weighted by atomic mass is 35.5. The van der Waals surface area contributed by atoms with Crippen molar-refractivity contribution in [3.63, 3.8) is 0 Å². The molecule has 0 bridgehead atoms. The molecule has 0 amide bonds. The lowest BCUT2D eigenvalue weighted by Gasteiger charge is -2.14. The van der Waals surface area contributed by atoms with Crippen molar-refractivity contribution in [3.8, 4) is 0 Å². The number of anilines is 1. The Morgan fingerprint density at radius 2 is 2.37 bits per heavy atom. The molecule has 1 saturated heterocycles. The van der Waals surface area contributed by atoms with Crippen molar-refractivity contribution in [3.05, 3.63) is 21.6 Å². The molecule has 19 heavy (non-hydrogen) atoms. The van der Waals surface area contributed by atoms with Gasteiger partial charge in [0.25, 0.3) is 5.56 Å². The molecule has 0 saturated carbocycles. The summed E-state index contributed by atoms with van der Waals surface area (Å²) in [7, 11) is 2.13. The predicted molar refractivity (Wildman–Crippen MR) is 77.9 cm³/mol. The molecule has 1 aromatic rings. The Hall–Kier alpha value is -1.07. The van der Waals surface area contributed by atoms with Crippen LogP contribution >= 0.6 is 11.6 Å². The maximum atomic E-state index is 11.9. The summed E-state index contributed by atoms with van der Waals surface area (Å²) in [6, 6.07) is 0. The molecule has 106 valence electrons. The summed E-state index contributed by atoms with van der Waals surface area (Å²) >= 11 is 6.10. The van der Waals surface area contributed by atoms with Crippen molar-refractivity contribution in [1.82, 2.24) is 14.7 Å². The zero-order valence-corrected chi connectivity index (χ0v) is 12.3. The number of hydrogen-bond acceptors (Lipinski definition) is 4. The standard InChI is InChI=1S/C13H21ClN4O/c1-3-5-18-13(19)12(14)11(8-16-18)15-7-10-4-6-17(2)9-10/h8,10,15H,3-7,9H2,1-2H3. The van der Waals surface area contributed by atoms with Gasteiger partial charge >= 0.3 is 0 Å². The van der Waals surface area contributed by atoms with Gasteiger partial charge in [0.15, 0.2) is 0 Å². The van der Waals surface area contributed by atoms with Crippen LogP contribution in [0.5, 0.6) is 0 Å². The number of nitrogens with one attached hydrogen (secondary N) is 1. The second-order valence-electron chi connectivity index (χ2n) is 5.20. The fourth-order valence-electron chi connectivity index (χ4n) is 2.41. The fourth-order valence-corrected chi connectivity index (χ4v) is 2.62. The Balaban J connectivity index is 2.01. The second kappa shape index (κ2) is 6.39. The average Bonchev–Trinajstić information content (AvgIpc) is 2.80. The van der Waals surface area contributed by atoms with E-state index in [4.69, 9.17) is 11.6 Å². The molecule has 0 spiro atoms. The van der Waals surface area contributed by atoms with Gasteiger partial charge in [0.2, 0.25) is 0 Å². The van der Waals surface area contributed by atoms with Crippen molar-refractivity contribution in [2.24, 2.45) is 5.92 Å². The molecule has 2 rings (SSSR count). The minimum Gasteiger partial charge on any atom is -0.382 e. The Bertz CT molecular complexity index is 488. The van der Waals surface area contributed by atoms with Gasteiger partial charge in [-0.15, -0.1) is 0 Å². The van der Waals surface area contributed by atoms with E-state index in [-0.39, 0.29) is 10.6 Å². The molecule has 1 fully saturated rings. The summed E-state index contributed by atoms with van der Waals surface area (Å²) in [5.41, 5.74) is 0.436. The van der Waals surface area contributed by atoms with Crippen LogP contribution < -0.4 is 10.9 Å². The number of halogens is 1. The van der Waals surface area contributed by atoms with Gasteiger partial charge in [-0.2, -0.15) is 5.10 Å². The molecule has 1 N–H and O–H groups in total. The van der Waals surface area contributed by atoms with Crippen molar-refractivity contribution < 1.29 is 0 Å². The normalized spacial score (nSPS) is 19.8. The maximum Gasteiger partial charge on any atom is 0.287 e. The van der Waals surface area contributed by atoms with Gasteiger partial charge in [-0.25, -0.2) is 4.68 Å². The molecule has 1 atom stereocenters. The molecule has 5 nitrogen and oxygen atoms in total. The lowest BCUT2D eigenvalue weighted by Crippen LogP contribution is -2.25. The highest BCUT2D eigenvalue weighted by molar-refractivity contribution is 6.32. The molecule has 1 aromatic heterocycles. The number of aryl methyl sites for hydroxylation is 1. The van der Waals surface area contributed by atoms with Crippen LogP contribution in [0.15, 0.2) is 11.0 Å². The average molecular weight is 285 g/mol. The lowest BCUT2D eigenvalue weighted by molar-refractivity contribution is 0.399. The Morgan fingerprint density at radius 1 is 1.58 bits per heavy atom. The minimum absolute atomic E-state index is 0.211. The third kappa shape index (κ3) is 3.48. The summed E-state index contributed by atoms with van der Waals surface area (Å²) in [6.45, 7) is 5.67. The van der Waals surface area contributed by atoms with Crippen LogP contribution in [0.3, 0.4) is 0 Å². The first-order valence-electron chi connectivity index (χ1n) is 6.79. The van der Waals surface area contributed by atoms with E-state index in [1.807, 2.05) is 6.92 Å². The summed E-state index contributed by atoms with van der Waals surface area (Å²) in [5, 5.41) is 7.63. The van der Waals surface area contributed by atoms with Gasteiger partial charge < -0.3 is 10.2 Å². The van der Waals surface area contributed by atoms with Crippen LogP contribution in [0, 0.1) is 5.92 Å². The summed E-state index contributed by atoms with van der Waals surface area (Å²) in [4.78, 5) is 14.3. The van der Waals surface area contributed by atoms with Gasteiger partial charge in [0, 0.05) is 19.6 Å². The van der Waals surface area contributed by atoms with Gasteiger partial charge in [0.1, 0.15) is 5.02 Å². The highest BCUT2D eigenvalue weighted by Gasteiger charge is 2.19. The maximum absolute atomic E-state index is 11.9. The zero-order chi connectivity index (χ0) is 13.8. The molecule has 1 unspecified atom stereocenters. The molecular formula is C13H21ClN4O. The predicted octanol–water partition coefficient (Wildman–Crippen LogP) is 1.67. The van der Waals surface area contributed by atoms with E-state index in [1.54, 1.807) is 6.20 Å². The molecule has 2 heterocycles. The van der Waals surface area contributed by atoms with Gasteiger partial charge in [0.05, 0.1) is 11.9 Å². The quantitative estimate of drug-likeness (QED) is 0.894. The van der Waals surface area contributed by atoms with Crippen LogP contribution in [0.4, 0.5) is 5.69 Å². The van der Waals surface area contributed by atoms with Crippen molar-refractivity contribution >= 4 is 17.3 Å². The lowest BCUT2D eigenvalue weighted by atomic mass is 10.1. The molecule has 1 aliphatic rings. The Morgan fingerprint density at radius 3 is 3.00 bits per heavy atom. The first-order valence-corrected chi connectivity index (χ1v) is 7.17. The van der Waals surface area contributed by atoms with Crippen molar-refractivity contribution in [2.45, 2.75) is 26.3 Å². The molecule has 6 heteroatoms. The number of aromatic nitrogens is 2. The van der Waals surface area contributed by atoms with Crippen molar-refractivity contribution in [2.75, 3.05) is 32.0 Å². The first-order chi connectivity index (χ1) is 9.11. The van der Waals surface area contributed by atoms with Crippen LogP contribution in [-0.2, 0) is 6.54 Å². The number of hydrogen-bond donors (Lipinski definition) is 1. The van der Waals surface area contributed by atoms with Crippen LogP contribution in [0.2, 0.25) is 5.02 Å². The van der Waals surface area contributed by atoms with E-state index in [2.05, 4.69) is 22.4 Å². The van der Waals surface area contributed by atoms with Gasteiger partial charge in [-0.1, -0.05) is 18.5 Å². The molecule has 0 aliphatic carbocycles. The summed E-state index contributed by atoms with van der Waals surface area (Å²) in [5.74, 6) is 0.610. The van der Waals surface area contributed by atoms with E-state index in [9.17, 15) is 4.79 Å². The van der Waals surface area contributed by atoms with E-state index in [1.165, 1.54) is 11.1 Å². The Labute approximate surface area is 118 Å². The number of nitrogens with zero attached hydrogens (tertiary/aromatic N) is 3. The first kappa shape index (κ1) is 14.3. The second-order valence-corrected chi connectivity index (χ2v) is 5.58. The molecule has 1 aliphatic heterocycles. The van der Waals surface area contributed by atoms with E-state index in [0.717, 1.165) is 26.1 Å². The Kier molecular flexibility index (Phi) is 4.82. The van der Waals surface area contributed by atoms with E-state index >= 15 is 0 Å². The third-order valence-corrected chi connectivity index (χ3v) is 3.86. The minimum atomic E-state index is -0.211. The number of rotatable bonds is 5. The van der Waals surface area contributed by atoms with Crippen molar-refractivity contribution in [1.29, 1.82) is 0 Å². The molecule has 0 aromatic carbocycles. The monoisotopic (exact) mass is 284 g/mol. The van der Waals surface area contributed by atoms with Crippen LogP contribution in [0.1, 0.15) is 19.8 Å². The molecule has 0 radical (unpaired) electrons. The molecular weight excluding hydrogens is 264 g/mol. The van der Waals surface area contributed by atoms with E-state index in [0.29, 0.717) is 18.2 Å². The van der Waals surface area contributed by atoms with Crippen LogP contribution in [0.25, 0.3) is 0 Å². The SMILES string of the molecule is CCCn1ncc(NCC2CCN(C)C2)c(Cl)c1=O. The fraction of sp³-hybridized carbons (Fsp3) is 0.692. The van der Waals surface area contributed by atoms with Gasteiger partial charge in [-0.05, 0) is 32.4 Å². The highest BCUT2D eigenvalue weighted by Crippen LogP contribution is 2.19. The topological polar surface area (TPSA) is 50.2 Å². The largest absolute Gasteiger partial charge is 0.382 e. The summed E-state index contributed by atoms with van der Waals surface area (Å²) in [6.07, 6.45) is 3.70. The smallest absolute Gasteiger partial charge is 0.287 e. The van der Waals surface area contributed by atoms with E-state index < -0.39 is 0 Å².